The fourth-order valence-corrected chi connectivity index (χ4v) is 3.78. The number of carbonyl (C=O) groups is 2. The summed E-state index contributed by atoms with van der Waals surface area (Å²) >= 11 is 0. The number of hydrogen-bond donors (Lipinski definition) is 3. The number of halogens is 1. The minimum atomic E-state index is -0.450. The molecule has 0 saturated carbocycles. The van der Waals surface area contributed by atoms with Gasteiger partial charge in [-0.15, -0.1) is 0 Å². The number of fused-ring (bicyclic) bond motifs is 1. The number of H-pyrrole nitrogens is 1. The summed E-state index contributed by atoms with van der Waals surface area (Å²) in [6.07, 6.45) is 7.19. The van der Waals surface area contributed by atoms with Crippen molar-refractivity contribution >= 4 is 28.4 Å². The molecule has 0 aliphatic carbocycles. The molecule has 6 nitrogen and oxygen atoms in total. The lowest BCUT2D eigenvalue weighted by atomic mass is 9.99. The number of carbonyl (C=O) groups excluding carboxylic acids is 2. The van der Waals surface area contributed by atoms with Crippen molar-refractivity contribution in [3.8, 4) is 0 Å². The molecule has 2 aliphatic rings. The fourth-order valence-electron chi connectivity index (χ4n) is 3.78. The van der Waals surface area contributed by atoms with Crippen molar-refractivity contribution in [3.05, 3.63) is 41.9 Å². The molecule has 1 saturated heterocycles. The molecule has 2 aliphatic heterocycles. The number of benzene rings is 1. The summed E-state index contributed by atoms with van der Waals surface area (Å²) in [6.45, 7) is 1.75. The van der Waals surface area contributed by atoms with Crippen LogP contribution in [0.4, 0.5) is 9.18 Å². The maximum atomic E-state index is 13.4. The van der Waals surface area contributed by atoms with E-state index in [1.807, 2.05) is 12.3 Å². The Balaban J connectivity index is 1.43. The predicted octanol–water partition coefficient (Wildman–Crippen LogP) is 2.77. The first-order valence-electron chi connectivity index (χ1n) is 9.41. The first-order chi connectivity index (χ1) is 13.1. The molecule has 1 aromatic carbocycles. The Bertz CT molecular complexity index is 905. The van der Waals surface area contributed by atoms with Crippen LogP contribution in [0.25, 0.3) is 16.5 Å². The van der Waals surface area contributed by atoms with Gasteiger partial charge in [-0.2, -0.15) is 0 Å². The molecule has 1 unspecified atom stereocenters. The highest BCUT2D eigenvalue weighted by atomic mass is 19.1. The van der Waals surface area contributed by atoms with Gasteiger partial charge in [-0.3, -0.25) is 4.79 Å². The summed E-state index contributed by atoms with van der Waals surface area (Å²) in [6, 6.07) is 4.07. The van der Waals surface area contributed by atoms with Crippen LogP contribution in [0.3, 0.4) is 0 Å². The zero-order valence-corrected chi connectivity index (χ0v) is 15.1. The molecular weight excluding hydrogens is 347 g/mol. The van der Waals surface area contributed by atoms with Crippen molar-refractivity contribution in [1.29, 1.82) is 0 Å². The smallest absolute Gasteiger partial charge is 0.318 e. The fraction of sp³-hybridized carbons (Fsp3) is 0.400. The Morgan fingerprint density at radius 1 is 1.30 bits per heavy atom. The van der Waals surface area contributed by atoms with Gasteiger partial charge in [-0.25, -0.2) is 9.18 Å². The van der Waals surface area contributed by atoms with Crippen LogP contribution in [0.15, 0.2) is 30.5 Å². The predicted molar refractivity (Wildman–Crippen MR) is 102 cm³/mol. The summed E-state index contributed by atoms with van der Waals surface area (Å²) in [5.41, 5.74) is 2.96. The van der Waals surface area contributed by atoms with Crippen LogP contribution in [0, 0.1) is 5.82 Å². The van der Waals surface area contributed by atoms with E-state index < -0.39 is 6.04 Å². The number of rotatable bonds is 2. The van der Waals surface area contributed by atoms with E-state index >= 15 is 0 Å². The second-order valence-corrected chi connectivity index (χ2v) is 7.11. The van der Waals surface area contributed by atoms with Crippen molar-refractivity contribution in [2.45, 2.75) is 31.7 Å². The molecule has 1 fully saturated rings. The number of aromatic nitrogens is 1. The monoisotopic (exact) mass is 370 g/mol. The van der Waals surface area contributed by atoms with E-state index in [0.29, 0.717) is 32.5 Å². The Kier molecular flexibility index (Phi) is 4.83. The molecule has 142 valence electrons. The molecule has 2 aromatic rings. The maximum absolute atomic E-state index is 13.4. The van der Waals surface area contributed by atoms with E-state index in [9.17, 15) is 14.0 Å². The van der Waals surface area contributed by atoms with Crippen molar-refractivity contribution in [1.82, 2.24) is 20.5 Å². The summed E-state index contributed by atoms with van der Waals surface area (Å²) in [5, 5.41) is 6.68. The molecule has 3 heterocycles. The first kappa shape index (κ1) is 17.6. The highest BCUT2D eigenvalue weighted by molar-refractivity contribution is 5.93. The standard InChI is InChI=1S/C20H23FN4O2/c21-14-4-5-15-16(12-23-18(15)11-14)13-6-9-25(10-7-13)20(27)24-17-3-1-2-8-22-19(17)26/h4-6,11-12,17,23H,1-3,7-10H2,(H,22,26)(H,24,27). The van der Waals surface area contributed by atoms with Gasteiger partial charge in [0.25, 0.3) is 0 Å². The number of nitrogens with zero attached hydrogens (tertiary/aromatic N) is 1. The zero-order valence-electron chi connectivity index (χ0n) is 15.1. The molecule has 1 aromatic heterocycles. The Morgan fingerprint density at radius 2 is 2.19 bits per heavy atom. The quantitative estimate of drug-likeness (QED) is 0.760. The molecule has 3 amide bonds. The lowest BCUT2D eigenvalue weighted by Crippen LogP contribution is -2.51. The van der Waals surface area contributed by atoms with Crippen LogP contribution < -0.4 is 10.6 Å². The van der Waals surface area contributed by atoms with E-state index in [4.69, 9.17) is 0 Å². The lowest BCUT2D eigenvalue weighted by molar-refractivity contribution is -0.122. The lowest BCUT2D eigenvalue weighted by Gasteiger charge is -2.28. The van der Waals surface area contributed by atoms with Crippen LogP contribution in [-0.2, 0) is 4.79 Å². The number of urea groups is 1. The van der Waals surface area contributed by atoms with E-state index in [1.54, 1.807) is 11.0 Å². The number of aromatic amines is 1. The minimum absolute atomic E-state index is 0.0971. The molecule has 0 radical (unpaired) electrons. The SMILES string of the molecule is O=C1NCCCCC1NC(=O)N1CC=C(c2c[nH]c3cc(F)ccc23)CC1. The number of hydrogen-bond acceptors (Lipinski definition) is 2. The number of nitrogens with one attached hydrogen (secondary N) is 3. The van der Waals surface area contributed by atoms with Gasteiger partial charge >= 0.3 is 6.03 Å². The largest absolute Gasteiger partial charge is 0.360 e. The van der Waals surface area contributed by atoms with Gasteiger partial charge in [-0.1, -0.05) is 6.08 Å². The highest BCUT2D eigenvalue weighted by Gasteiger charge is 2.26. The zero-order chi connectivity index (χ0) is 18.8. The third-order valence-corrected chi connectivity index (χ3v) is 5.32. The molecule has 27 heavy (non-hydrogen) atoms. The Hall–Kier alpha value is -2.83. The van der Waals surface area contributed by atoms with E-state index in [2.05, 4.69) is 15.6 Å². The van der Waals surface area contributed by atoms with Crippen LogP contribution in [0.5, 0.6) is 0 Å². The summed E-state index contributed by atoms with van der Waals surface area (Å²) in [4.78, 5) is 29.4. The molecule has 0 spiro atoms. The topological polar surface area (TPSA) is 77.2 Å². The third-order valence-electron chi connectivity index (χ3n) is 5.32. The minimum Gasteiger partial charge on any atom is -0.360 e. The molecule has 4 rings (SSSR count). The van der Waals surface area contributed by atoms with Gasteiger partial charge in [0, 0.05) is 42.3 Å². The Morgan fingerprint density at radius 3 is 3.00 bits per heavy atom. The highest BCUT2D eigenvalue weighted by Crippen LogP contribution is 2.29. The molecule has 1 atom stereocenters. The normalized spacial score (nSPS) is 20.8. The van der Waals surface area contributed by atoms with E-state index in [1.165, 1.54) is 12.1 Å². The average molecular weight is 370 g/mol. The van der Waals surface area contributed by atoms with Crippen LogP contribution in [-0.4, -0.2) is 47.5 Å². The molecular formula is C20H23FN4O2. The molecule has 0 bridgehead atoms. The summed E-state index contributed by atoms with van der Waals surface area (Å²) in [7, 11) is 0. The van der Waals surface area contributed by atoms with Crippen molar-refractivity contribution in [3.63, 3.8) is 0 Å². The van der Waals surface area contributed by atoms with Crippen LogP contribution >= 0.6 is 0 Å². The van der Waals surface area contributed by atoms with E-state index in [0.717, 1.165) is 34.9 Å². The number of amides is 3. The van der Waals surface area contributed by atoms with Gasteiger partial charge in [0.1, 0.15) is 11.9 Å². The van der Waals surface area contributed by atoms with E-state index in [-0.39, 0.29) is 17.8 Å². The van der Waals surface area contributed by atoms with Crippen molar-refractivity contribution < 1.29 is 14.0 Å². The van der Waals surface area contributed by atoms with Crippen LogP contribution in [0.2, 0.25) is 0 Å². The van der Waals surface area contributed by atoms with Gasteiger partial charge in [0.2, 0.25) is 5.91 Å². The van der Waals surface area contributed by atoms with Crippen molar-refractivity contribution in [2.75, 3.05) is 19.6 Å². The van der Waals surface area contributed by atoms with Gasteiger partial charge < -0.3 is 20.5 Å². The average Bonchev–Trinajstić information content (AvgIpc) is 2.98. The second-order valence-electron chi connectivity index (χ2n) is 7.11. The Labute approximate surface area is 156 Å². The molecule has 7 heteroatoms. The van der Waals surface area contributed by atoms with Crippen LogP contribution in [0.1, 0.15) is 31.2 Å². The maximum Gasteiger partial charge on any atom is 0.318 e. The summed E-state index contributed by atoms with van der Waals surface area (Å²) < 4.78 is 13.4. The van der Waals surface area contributed by atoms with Crippen molar-refractivity contribution in [2.24, 2.45) is 0 Å². The van der Waals surface area contributed by atoms with Gasteiger partial charge in [0.05, 0.1) is 0 Å². The molecule has 3 N–H and O–H groups in total. The summed E-state index contributed by atoms with van der Waals surface area (Å²) in [5.74, 6) is -0.362. The van der Waals surface area contributed by atoms with Gasteiger partial charge in [-0.05, 0) is 49.5 Å². The second kappa shape index (κ2) is 7.42. The third kappa shape index (κ3) is 3.67. The first-order valence-corrected chi connectivity index (χ1v) is 9.41. The van der Waals surface area contributed by atoms with Gasteiger partial charge in [0.15, 0.2) is 0 Å².